The van der Waals surface area contributed by atoms with Crippen molar-refractivity contribution in [1.29, 1.82) is 0 Å². The zero-order chi connectivity index (χ0) is 12.2. The molecule has 90 valence electrons. The molecule has 0 bridgehead atoms. The fourth-order valence-corrected chi connectivity index (χ4v) is 1.65. The molecule has 0 fully saturated rings. The summed E-state index contributed by atoms with van der Waals surface area (Å²) < 4.78 is 35.8. The Morgan fingerprint density at radius 3 is 2.75 bits per heavy atom. The third kappa shape index (κ3) is 3.84. The molecule has 0 spiro atoms. The van der Waals surface area contributed by atoms with Crippen LogP contribution in [0.15, 0.2) is 23.4 Å². The van der Waals surface area contributed by atoms with Crippen molar-refractivity contribution in [3.8, 4) is 0 Å². The van der Waals surface area contributed by atoms with Crippen LogP contribution in [0.5, 0.6) is 0 Å². The first-order chi connectivity index (χ1) is 7.42. The van der Waals surface area contributed by atoms with Crippen molar-refractivity contribution < 1.29 is 17.6 Å². The number of aromatic nitrogens is 1. The molecule has 16 heavy (non-hydrogen) atoms. The Bertz CT molecular complexity index is 448. The van der Waals surface area contributed by atoms with Gasteiger partial charge in [0.1, 0.15) is 10.7 Å². The lowest BCUT2D eigenvalue weighted by molar-refractivity contribution is 0.0718. The molecule has 1 aromatic heterocycles. The van der Waals surface area contributed by atoms with E-state index in [1.807, 2.05) is 18.7 Å². The number of nitrogens with one attached hydrogen (secondary N) is 1. The zero-order valence-corrected chi connectivity index (χ0v) is 9.79. The maximum Gasteiger partial charge on any atom is 0.264 e. The number of rotatable bonds is 5. The maximum absolute atomic E-state index is 12.8. The molecule has 0 radical (unpaired) electrons. The number of halogens is 1. The lowest BCUT2D eigenvalue weighted by Gasteiger charge is -2.08. The van der Waals surface area contributed by atoms with Crippen LogP contribution in [0.25, 0.3) is 0 Å². The maximum atomic E-state index is 12.8. The smallest absolute Gasteiger partial charge is 0.264 e. The number of hydrogen-bond donors (Lipinski definition) is 1. The van der Waals surface area contributed by atoms with Gasteiger partial charge in [-0.15, -0.1) is 0 Å². The molecule has 7 heteroatoms. The van der Waals surface area contributed by atoms with Crippen LogP contribution in [0.2, 0.25) is 0 Å². The fourth-order valence-electron chi connectivity index (χ4n) is 0.866. The van der Waals surface area contributed by atoms with Crippen molar-refractivity contribution in [2.45, 2.75) is 18.7 Å². The first-order valence-corrected chi connectivity index (χ1v) is 6.14. The van der Waals surface area contributed by atoms with Gasteiger partial charge in [-0.25, -0.2) is 12.8 Å². The molecule has 1 N–H and O–H groups in total. The molecule has 0 saturated heterocycles. The molecular weight excluding hydrogens is 235 g/mol. The van der Waals surface area contributed by atoms with Crippen LogP contribution in [-0.2, 0) is 14.9 Å². The van der Waals surface area contributed by atoms with Crippen LogP contribution in [-0.4, -0.2) is 20.0 Å². The Morgan fingerprint density at radius 2 is 2.19 bits per heavy atom. The monoisotopic (exact) mass is 248 g/mol. The minimum absolute atomic E-state index is 0.188. The Balaban J connectivity index is 2.71. The van der Waals surface area contributed by atoms with Crippen LogP contribution in [0.3, 0.4) is 0 Å². The highest BCUT2D eigenvalue weighted by Crippen LogP contribution is 2.08. The summed E-state index contributed by atoms with van der Waals surface area (Å²) in [5.41, 5.74) is 0. The van der Waals surface area contributed by atoms with E-state index in [0.717, 1.165) is 18.5 Å². The highest BCUT2D eigenvalue weighted by molar-refractivity contribution is 7.89. The predicted molar refractivity (Wildman–Crippen MR) is 55.3 cm³/mol. The molecule has 0 unspecified atom stereocenters. The van der Waals surface area contributed by atoms with Crippen molar-refractivity contribution in [2.75, 3.05) is 6.61 Å². The third-order valence-corrected chi connectivity index (χ3v) is 2.76. The summed E-state index contributed by atoms with van der Waals surface area (Å²) in [7, 11) is -3.85. The first kappa shape index (κ1) is 13.0. The largest absolute Gasteiger partial charge is 0.287 e. The van der Waals surface area contributed by atoms with E-state index in [2.05, 4.69) is 4.98 Å². The van der Waals surface area contributed by atoms with Crippen molar-refractivity contribution in [3.05, 3.63) is 24.3 Å². The van der Waals surface area contributed by atoms with Crippen molar-refractivity contribution in [2.24, 2.45) is 5.92 Å². The SMILES string of the molecule is CC(C)CONS(=O)(=O)c1cncc(F)c1. The number of nitrogens with zero attached hydrogens (tertiary/aromatic N) is 1. The van der Waals surface area contributed by atoms with E-state index in [-0.39, 0.29) is 17.4 Å². The minimum atomic E-state index is -3.85. The summed E-state index contributed by atoms with van der Waals surface area (Å²) in [6.45, 7) is 3.98. The second-order valence-electron chi connectivity index (χ2n) is 3.63. The van der Waals surface area contributed by atoms with Crippen molar-refractivity contribution >= 4 is 10.0 Å². The van der Waals surface area contributed by atoms with Crippen molar-refractivity contribution in [1.82, 2.24) is 9.87 Å². The van der Waals surface area contributed by atoms with Gasteiger partial charge in [0.25, 0.3) is 10.0 Å². The summed E-state index contributed by atoms with van der Waals surface area (Å²) in [6, 6.07) is 0.869. The summed E-state index contributed by atoms with van der Waals surface area (Å²) in [5, 5.41) is 0. The van der Waals surface area contributed by atoms with Gasteiger partial charge in [-0.1, -0.05) is 18.7 Å². The second-order valence-corrected chi connectivity index (χ2v) is 5.28. The van der Waals surface area contributed by atoms with Crippen LogP contribution in [0.1, 0.15) is 13.8 Å². The Hall–Kier alpha value is -1.05. The zero-order valence-electron chi connectivity index (χ0n) is 8.97. The lowest BCUT2D eigenvalue weighted by atomic mass is 10.2. The molecule has 0 atom stereocenters. The first-order valence-electron chi connectivity index (χ1n) is 4.66. The number of hydrogen-bond acceptors (Lipinski definition) is 4. The summed E-state index contributed by atoms with van der Waals surface area (Å²) in [6.07, 6.45) is 1.97. The molecular formula is C9H13FN2O3S. The van der Waals surface area contributed by atoms with E-state index in [1.165, 1.54) is 0 Å². The molecule has 1 aromatic rings. The standard InChI is InChI=1S/C9H13FN2O3S/c1-7(2)6-15-12-16(13,14)9-3-8(10)4-11-5-9/h3-5,7,12H,6H2,1-2H3. The molecule has 0 aliphatic carbocycles. The highest BCUT2D eigenvalue weighted by Gasteiger charge is 2.15. The Morgan fingerprint density at radius 1 is 1.50 bits per heavy atom. The minimum Gasteiger partial charge on any atom is -0.287 e. The predicted octanol–water partition coefficient (Wildman–Crippen LogP) is 1.09. The lowest BCUT2D eigenvalue weighted by Crippen LogP contribution is -2.26. The van der Waals surface area contributed by atoms with Gasteiger partial charge in [-0.05, 0) is 12.0 Å². The Labute approximate surface area is 93.7 Å². The van der Waals surface area contributed by atoms with E-state index in [9.17, 15) is 12.8 Å². The molecule has 1 rings (SSSR count). The van der Waals surface area contributed by atoms with E-state index in [4.69, 9.17) is 4.84 Å². The van der Waals surface area contributed by atoms with Gasteiger partial charge in [0.15, 0.2) is 0 Å². The summed E-state index contributed by atoms with van der Waals surface area (Å²) in [5.74, 6) is -0.528. The average Bonchev–Trinajstić information content (AvgIpc) is 2.16. The van der Waals surface area contributed by atoms with Gasteiger partial charge in [-0.2, -0.15) is 0 Å². The molecule has 5 nitrogen and oxygen atoms in total. The topological polar surface area (TPSA) is 68.3 Å². The molecule has 1 heterocycles. The van der Waals surface area contributed by atoms with Crippen LogP contribution in [0.4, 0.5) is 4.39 Å². The van der Waals surface area contributed by atoms with Gasteiger partial charge in [0.05, 0.1) is 12.8 Å². The Kier molecular flexibility index (Phi) is 4.34. The molecule has 0 aliphatic rings. The molecule has 0 amide bonds. The van der Waals surface area contributed by atoms with E-state index in [1.54, 1.807) is 0 Å². The molecule has 0 aromatic carbocycles. The quantitative estimate of drug-likeness (QED) is 0.792. The molecule has 0 aliphatic heterocycles. The van der Waals surface area contributed by atoms with Gasteiger partial charge >= 0.3 is 0 Å². The number of sulfonamides is 1. The average molecular weight is 248 g/mol. The van der Waals surface area contributed by atoms with E-state index >= 15 is 0 Å². The van der Waals surface area contributed by atoms with Gasteiger partial charge in [0, 0.05) is 6.20 Å². The normalized spacial score (nSPS) is 12.0. The fraction of sp³-hybridized carbons (Fsp3) is 0.444. The summed E-state index contributed by atoms with van der Waals surface area (Å²) in [4.78, 5) is 9.84. The van der Waals surface area contributed by atoms with Crippen LogP contribution >= 0.6 is 0 Å². The van der Waals surface area contributed by atoms with Gasteiger partial charge < -0.3 is 0 Å². The van der Waals surface area contributed by atoms with Gasteiger partial charge in [0.2, 0.25) is 0 Å². The second kappa shape index (κ2) is 5.33. The highest BCUT2D eigenvalue weighted by atomic mass is 32.2. The van der Waals surface area contributed by atoms with Crippen LogP contribution in [0, 0.1) is 11.7 Å². The van der Waals surface area contributed by atoms with Gasteiger partial charge in [-0.3, -0.25) is 9.82 Å². The van der Waals surface area contributed by atoms with E-state index in [0.29, 0.717) is 0 Å². The van der Waals surface area contributed by atoms with E-state index < -0.39 is 15.8 Å². The van der Waals surface area contributed by atoms with Crippen molar-refractivity contribution in [3.63, 3.8) is 0 Å². The third-order valence-electron chi connectivity index (χ3n) is 1.58. The van der Waals surface area contributed by atoms with Crippen LogP contribution < -0.4 is 4.89 Å². The number of pyridine rings is 1. The summed E-state index contributed by atoms with van der Waals surface area (Å²) >= 11 is 0. The molecule has 0 saturated carbocycles.